The van der Waals surface area contributed by atoms with Crippen molar-refractivity contribution >= 4 is 23.5 Å². The van der Waals surface area contributed by atoms with Crippen molar-refractivity contribution in [2.24, 2.45) is 0 Å². The van der Waals surface area contributed by atoms with Gasteiger partial charge in [0, 0.05) is 11.4 Å². The van der Waals surface area contributed by atoms with Crippen molar-refractivity contribution in [1.29, 1.82) is 0 Å². The monoisotopic (exact) mass is 206 g/mol. The summed E-state index contributed by atoms with van der Waals surface area (Å²) in [5.41, 5.74) is 1.86. The Morgan fingerprint density at radius 1 is 1.21 bits per heavy atom. The fourth-order valence-electron chi connectivity index (χ4n) is 1.67. The second-order valence-electron chi connectivity index (χ2n) is 3.47. The fourth-order valence-corrected chi connectivity index (χ4v) is 1.86. The van der Waals surface area contributed by atoms with E-state index in [1.54, 1.807) is 0 Å². The zero-order valence-electron chi connectivity index (χ0n) is 7.79. The first-order valence-corrected chi connectivity index (χ1v) is 5.13. The molecule has 1 fully saturated rings. The number of benzene rings is 1. The number of Topliss-reactive ketones (excluding diaryl/α,β-unsaturated/α-hetero) is 1. The molecule has 0 unspecified atom stereocenters. The Kier molecular flexibility index (Phi) is 2.69. The number of carbonyl (C=O) groups is 1. The lowest BCUT2D eigenvalue weighted by atomic mass is 10.1. The Bertz CT molecular complexity index is 393. The molecule has 0 aromatic heterocycles. The van der Waals surface area contributed by atoms with Crippen molar-refractivity contribution in [1.82, 2.24) is 0 Å². The summed E-state index contributed by atoms with van der Waals surface area (Å²) in [6.45, 7) is 0. The minimum Gasteiger partial charge on any atom is -0.295 e. The molecule has 72 valence electrons. The first-order chi connectivity index (χ1) is 6.77. The Labute approximate surface area is 88.4 Å². The van der Waals surface area contributed by atoms with Crippen molar-refractivity contribution in [3.63, 3.8) is 0 Å². The number of ketones is 1. The number of hydrogen-bond donors (Lipinski definition) is 0. The second-order valence-corrected chi connectivity index (χ2v) is 3.88. The van der Waals surface area contributed by atoms with E-state index in [1.807, 2.05) is 30.3 Å². The highest BCUT2D eigenvalue weighted by atomic mass is 35.5. The van der Waals surface area contributed by atoms with Crippen LogP contribution in [0.25, 0.3) is 6.08 Å². The number of rotatable bonds is 1. The molecule has 1 saturated carbocycles. The number of allylic oxidation sites excluding steroid dienone is 1. The molecule has 14 heavy (non-hydrogen) atoms. The molecule has 1 aliphatic rings. The van der Waals surface area contributed by atoms with Gasteiger partial charge in [0.25, 0.3) is 0 Å². The molecule has 2 rings (SSSR count). The quantitative estimate of drug-likeness (QED) is 0.643. The Morgan fingerprint density at radius 3 is 2.64 bits per heavy atom. The first-order valence-electron chi connectivity index (χ1n) is 4.75. The molecule has 0 amide bonds. The van der Waals surface area contributed by atoms with Crippen LogP contribution >= 0.6 is 11.6 Å². The molecular formula is C12H11ClO. The minimum atomic E-state index is 0.268. The highest BCUT2D eigenvalue weighted by Gasteiger charge is 2.16. The SMILES string of the molecule is O=C1CCC/C1=C/c1ccccc1Cl. The number of carbonyl (C=O) groups excluding carboxylic acids is 1. The van der Waals surface area contributed by atoms with Crippen LogP contribution in [0.3, 0.4) is 0 Å². The predicted octanol–water partition coefficient (Wildman–Crippen LogP) is 3.48. The van der Waals surface area contributed by atoms with E-state index in [2.05, 4.69) is 0 Å². The van der Waals surface area contributed by atoms with Gasteiger partial charge < -0.3 is 0 Å². The standard InChI is InChI=1S/C12H11ClO/c13-11-6-2-1-4-9(11)8-10-5-3-7-12(10)14/h1-2,4,6,8H,3,5,7H2/b10-8-. The van der Waals surface area contributed by atoms with E-state index in [1.165, 1.54) is 0 Å². The van der Waals surface area contributed by atoms with E-state index in [9.17, 15) is 4.79 Å². The van der Waals surface area contributed by atoms with Crippen LogP contribution in [-0.2, 0) is 4.79 Å². The minimum absolute atomic E-state index is 0.268. The molecule has 0 saturated heterocycles. The molecule has 0 radical (unpaired) electrons. The third kappa shape index (κ3) is 1.88. The summed E-state index contributed by atoms with van der Waals surface area (Å²) in [6.07, 6.45) is 4.48. The summed E-state index contributed by atoms with van der Waals surface area (Å²) >= 11 is 5.99. The van der Waals surface area contributed by atoms with Crippen LogP contribution in [0, 0.1) is 0 Å². The predicted molar refractivity (Wildman–Crippen MR) is 58.3 cm³/mol. The molecule has 0 bridgehead atoms. The summed E-state index contributed by atoms with van der Waals surface area (Å²) < 4.78 is 0. The molecule has 0 aliphatic heterocycles. The maximum atomic E-state index is 11.4. The van der Waals surface area contributed by atoms with Gasteiger partial charge in [0.15, 0.2) is 5.78 Å². The number of hydrogen-bond acceptors (Lipinski definition) is 1. The molecule has 0 N–H and O–H groups in total. The highest BCUT2D eigenvalue weighted by Crippen LogP contribution is 2.25. The molecule has 0 heterocycles. The van der Waals surface area contributed by atoms with Crippen LogP contribution in [0.15, 0.2) is 29.8 Å². The van der Waals surface area contributed by atoms with Crippen molar-refractivity contribution in [2.75, 3.05) is 0 Å². The lowest BCUT2D eigenvalue weighted by Crippen LogP contribution is -1.90. The average molecular weight is 207 g/mol. The van der Waals surface area contributed by atoms with Crippen molar-refractivity contribution < 1.29 is 4.79 Å². The van der Waals surface area contributed by atoms with Gasteiger partial charge in [-0.2, -0.15) is 0 Å². The lowest BCUT2D eigenvalue weighted by molar-refractivity contribution is -0.114. The van der Waals surface area contributed by atoms with Gasteiger partial charge in [0.1, 0.15) is 0 Å². The van der Waals surface area contributed by atoms with E-state index < -0.39 is 0 Å². The molecule has 2 heteroatoms. The Hall–Kier alpha value is -1.08. The van der Waals surface area contributed by atoms with Gasteiger partial charge in [-0.3, -0.25) is 4.79 Å². The summed E-state index contributed by atoms with van der Waals surface area (Å²) in [5.74, 6) is 0.268. The van der Waals surface area contributed by atoms with E-state index in [4.69, 9.17) is 11.6 Å². The Balaban J connectivity index is 2.33. The van der Waals surface area contributed by atoms with Gasteiger partial charge in [-0.1, -0.05) is 29.8 Å². The van der Waals surface area contributed by atoms with Crippen LogP contribution in [0.2, 0.25) is 5.02 Å². The van der Waals surface area contributed by atoms with Crippen LogP contribution in [0.5, 0.6) is 0 Å². The third-order valence-electron chi connectivity index (χ3n) is 2.44. The van der Waals surface area contributed by atoms with Crippen LogP contribution in [0.1, 0.15) is 24.8 Å². The molecule has 0 spiro atoms. The summed E-state index contributed by atoms with van der Waals surface area (Å²) in [7, 11) is 0. The van der Waals surface area contributed by atoms with Crippen molar-refractivity contribution in [3.05, 3.63) is 40.4 Å². The van der Waals surface area contributed by atoms with Gasteiger partial charge in [0.2, 0.25) is 0 Å². The smallest absolute Gasteiger partial charge is 0.158 e. The molecule has 0 atom stereocenters. The zero-order chi connectivity index (χ0) is 9.97. The van der Waals surface area contributed by atoms with Crippen molar-refractivity contribution in [3.8, 4) is 0 Å². The average Bonchev–Trinajstić information content (AvgIpc) is 2.56. The topological polar surface area (TPSA) is 17.1 Å². The van der Waals surface area contributed by atoms with E-state index >= 15 is 0 Å². The van der Waals surface area contributed by atoms with Gasteiger partial charge in [-0.25, -0.2) is 0 Å². The molecule has 1 aliphatic carbocycles. The first kappa shape index (κ1) is 9.47. The normalized spacial score (nSPS) is 19.2. The van der Waals surface area contributed by atoms with Crippen LogP contribution in [0.4, 0.5) is 0 Å². The second kappa shape index (κ2) is 3.97. The zero-order valence-corrected chi connectivity index (χ0v) is 8.55. The van der Waals surface area contributed by atoms with Crippen molar-refractivity contribution in [2.45, 2.75) is 19.3 Å². The third-order valence-corrected chi connectivity index (χ3v) is 2.79. The van der Waals surface area contributed by atoms with Crippen LogP contribution in [-0.4, -0.2) is 5.78 Å². The van der Waals surface area contributed by atoms with E-state index in [0.717, 1.165) is 24.0 Å². The summed E-state index contributed by atoms with van der Waals surface area (Å²) in [5, 5.41) is 0.708. The van der Waals surface area contributed by atoms with Gasteiger partial charge in [-0.15, -0.1) is 0 Å². The van der Waals surface area contributed by atoms with Gasteiger partial charge in [0.05, 0.1) is 0 Å². The van der Waals surface area contributed by atoms with Gasteiger partial charge in [-0.05, 0) is 36.1 Å². The number of halogens is 1. The van der Waals surface area contributed by atoms with E-state index in [-0.39, 0.29) is 5.78 Å². The largest absolute Gasteiger partial charge is 0.295 e. The maximum absolute atomic E-state index is 11.4. The molecule has 1 nitrogen and oxygen atoms in total. The summed E-state index contributed by atoms with van der Waals surface area (Å²) in [4.78, 5) is 11.4. The lowest BCUT2D eigenvalue weighted by Gasteiger charge is -1.98. The maximum Gasteiger partial charge on any atom is 0.158 e. The summed E-state index contributed by atoms with van der Waals surface area (Å²) in [6, 6.07) is 7.59. The fraction of sp³-hybridized carbons (Fsp3) is 0.250. The van der Waals surface area contributed by atoms with E-state index in [0.29, 0.717) is 11.4 Å². The Morgan fingerprint density at radius 2 is 2.00 bits per heavy atom. The van der Waals surface area contributed by atoms with Crippen LogP contribution < -0.4 is 0 Å². The van der Waals surface area contributed by atoms with Gasteiger partial charge >= 0.3 is 0 Å². The highest BCUT2D eigenvalue weighted by molar-refractivity contribution is 6.32. The molecule has 1 aromatic rings. The molecular weight excluding hydrogens is 196 g/mol. The molecule has 1 aromatic carbocycles.